The zero-order valence-electron chi connectivity index (χ0n) is 24.4. The first-order chi connectivity index (χ1) is 18.0. The third-order valence-electron chi connectivity index (χ3n) is 8.60. The predicted octanol–water partition coefficient (Wildman–Crippen LogP) is 8.06. The molecule has 0 bridgehead atoms. The second-order valence-electron chi connectivity index (χ2n) is 12.2. The Hall–Kier alpha value is -1.79. The fourth-order valence-electron chi connectivity index (χ4n) is 6.13. The first-order valence-electron chi connectivity index (χ1n) is 15.6. The van der Waals surface area contributed by atoms with Gasteiger partial charge in [0.25, 0.3) is 0 Å². The van der Waals surface area contributed by atoms with Crippen LogP contribution >= 0.6 is 0 Å². The van der Waals surface area contributed by atoms with E-state index in [1.54, 1.807) is 0 Å². The van der Waals surface area contributed by atoms with Crippen molar-refractivity contribution in [1.82, 2.24) is 9.80 Å². The molecule has 1 saturated carbocycles. The van der Waals surface area contributed by atoms with Gasteiger partial charge in [-0.15, -0.1) is 0 Å². The van der Waals surface area contributed by atoms with E-state index in [2.05, 4.69) is 73.6 Å². The Morgan fingerprint density at radius 3 is 2.46 bits per heavy atom. The molecule has 0 aromatic heterocycles. The molecule has 1 aliphatic carbocycles. The van der Waals surface area contributed by atoms with E-state index in [9.17, 15) is 4.79 Å². The van der Waals surface area contributed by atoms with E-state index >= 15 is 0 Å². The van der Waals surface area contributed by atoms with E-state index in [4.69, 9.17) is 0 Å². The van der Waals surface area contributed by atoms with Crippen LogP contribution in [0.15, 0.2) is 24.3 Å². The maximum Gasteiger partial charge on any atom is 0.226 e. The minimum absolute atomic E-state index is 0.217. The number of carbonyl (C=O) groups excluding carboxylic acids is 1. The summed E-state index contributed by atoms with van der Waals surface area (Å²) in [5.74, 6) is 8.84. The Bertz CT molecular complexity index is 850. The van der Waals surface area contributed by atoms with Crippen molar-refractivity contribution in [3.8, 4) is 11.8 Å². The van der Waals surface area contributed by atoms with E-state index in [0.717, 1.165) is 75.6 Å². The minimum atomic E-state index is 0.217. The molecule has 0 unspecified atom stereocenters. The summed E-state index contributed by atoms with van der Waals surface area (Å²) in [6.45, 7) is 13.2. The SMILES string of the molecule is CCCC#Cc1cccc(CN(C(=O)C2CCC(CCCCC)CC2)C2CCN(CCC(C)C)CC2)c1. The number of carbonyl (C=O) groups is 1. The second-order valence-corrected chi connectivity index (χ2v) is 12.2. The molecule has 1 aromatic carbocycles. The van der Waals surface area contributed by atoms with Crippen LogP contribution < -0.4 is 0 Å². The van der Waals surface area contributed by atoms with Crippen LogP contribution in [0.4, 0.5) is 0 Å². The highest BCUT2D eigenvalue weighted by atomic mass is 16.2. The smallest absolute Gasteiger partial charge is 0.226 e. The molecular weight excluding hydrogens is 452 g/mol. The number of amides is 1. The Kier molecular flexibility index (Phi) is 13.1. The Morgan fingerprint density at radius 1 is 1.03 bits per heavy atom. The normalized spacial score (nSPS) is 21.0. The maximum absolute atomic E-state index is 14.0. The van der Waals surface area contributed by atoms with Gasteiger partial charge in [0, 0.05) is 43.6 Å². The van der Waals surface area contributed by atoms with Gasteiger partial charge in [-0.2, -0.15) is 0 Å². The molecular formula is C34H54N2O. The van der Waals surface area contributed by atoms with Crippen molar-refractivity contribution < 1.29 is 4.79 Å². The molecule has 0 spiro atoms. The molecule has 0 atom stereocenters. The second kappa shape index (κ2) is 16.2. The topological polar surface area (TPSA) is 23.6 Å². The molecule has 1 amide bonds. The van der Waals surface area contributed by atoms with Gasteiger partial charge in [-0.05, 0) is 87.4 Å². The van der Waals surface area contributed by atoms with Crippen LogP contribution in [-0.2, 0) is 11.3 Å². The lowest BCUT2D eigenvalue weighted by molar-refractivity contribution is -0.141. The third-order valence-corrected chi connectivity index (χ3v) is 8.60. The largest absolute Gasteiger partial charge is 0.335 e. The monoisotopic (exact) mass is 506 g/mol. The Morgan fingerprint density at radius 2 is 1.78 bits per heavy atom. The van der Waals surface area contributed by atoms with Crippen molar-refractivity contribution >= 4 is 5.91 Å². The van der Waals surface area contributed by atoms with Crippen LogP contribution in [0.3, 0.4) is 0 Å². The number of rotatable bonds is 12. The van der Waals surface area contributed by atoms with E-state index < -0.39 is 0 Å². The number of hydrogen-bond donors (Lipinski definition) is 0. The fourth-order valence-corrected chi connectivity index (χ4v) is 6.13. The summed E-state index contributed by atoms with van der Waals surface area (Å²) in [5.41, 5.74) is 2.31. The molecule has 1 aromatic rings. The lowest BCUT2D eigenvalue weighted by Gasteiger charge is -2.41. The van der Waals surface area contributed by atoms with Crippen LogP contribution in [0.5, 0.6) is 0 Å². The maximum atomic E-state index is 14.0. The van der Waals surface area contributed by atoms with Crippen LogP contribution in [0.25, 0.3) is 0 Å². The fraction of sp³-hybridized carbons (Fsp3) is 0.735. The quantitative estimate of drug-likeness (QED) is 0.211. The first-order valence-corrected chi connectivity index (χ1v) is 15.6. The average molecular weight is 507 g/mol. The third kappa shape index (κ3) is 10.1. The predicted molar refractivity (Wildman–Crippen MR) is 157 cm³/mol. The van der Waals surface area contributed by atoms with Gasteiger partial charge in [0.1, 0.15) is 0 Å². The number of benzene rings is 1. The molecule has 1 saturated heterocycles. The molecule has 1 aliphatic heterocycles. The number of piperidine rings is 1. The van der Waals surface area contributed by atoms with Gasteiger partial charge in [-0.25, -0.2) is 0 Å². The van der Waals surface area contributed by atoms with Gasteiger partial charge < -0.3 is 9.80 Å². The minimum Gasteiger partial charge on any atom is -0.335 e. The van der Waals surface area contributed by atoms with Gasteiger partial charge in [0.15, 0.2) is 0 Å². The number of hydrogen-bond acceptors (Lipinski definition) is 2. The first kappa shape index (κ1) is 29.8. The Balaban J connectivity index is 1.66. The van der Waals surface area contributed by atoms with Crippen LogP contribution in [-0.4, -0.2) is 41.4 Å². The van der Waals surface area contributed by atoms with Crippen molar-refractivity contribution in [3.05, 3.63) is 35.4 Å². The summed E-state index contributed by atoms with van der Waals surface area (Å²) >= 11 is 0. The molecule has 2 aliphatic rings. The van der Waals surface area contributed by atoms with E-state index in [1.807, 2.05) is 0 Å². The number of unbranched alkanes of at least 4 members (excludes halogenated alkanes) is 3. The summed E-state index contributed by atoms with van der Waals surface area (Å²) < 4.78 is 0. The molecule has 206 valence electrons. The number of nitrogens with zero attached hydrogens (tertiary/aromatic N) is 2. The lowest BCUT2D eigenvalue weighted by atomic mass is 9.79. The van der Waals surface area contributed by atoms with E-state index in [0.29, 0.717) is 11.9 Å². The van der Waals surface area contributed by atoms with Gasteiger partial charge in [-0.1, -0.05) is 77.4 Å². The summed E-state index contributed by atoms with van der Waals surface area (Å²) in [7, 11) is 0. The van der Waals surface area contributed by atoms with Crippen molar-refractivity contribution in [1.29, 1.82) is 0 Å². The zero-order chi connectivity index (χ0) is 26.5. The van der Waals surface area contributed by atoms with Crippen molar-refractivity contribution in [2.45, 2.75) is 124 Å². The summed E-state index contributed by atoms with van der Waals surface area (Å²) in [4.78, 5) is 19.0. The lowest BCUT2D eigenvalue weighted by Crippen LogP contribution is -2.49. The molecule has 1 heterocycles. The van der Waals surface area contributed by atoms with Crippen molar-refractivity contribution in [2.24, 2.45) is 17.8 Å². The van der Waals surface area contributed by atoms with Gasteiger partial charge in [0.05, 0.1) is 0 Å². The van der Waals surface area contributed by atoms with Crippen molar-refractivity contribution in [3.63, 3.8) is 0 Å². The highest BCUT2D eigenvalue weighted by molar-refractivity contribution is 5.79. The van der Waals surface area contributed by atoms with Crippen LogP contribution in [0.2, 0.25) is 0 Å². The number of likely N-dealkylation sites (tertiary alicyclic amines) is 1. The summed E-state index contributed by atoms with van der Waals surface area (Å²) in [6.07, 6.45) is 15.5. The van der Waals surface area contributed by atoms with Crippen molar-refractivity contribution in [2.75, 3.05) is 19.6 Å². The standard InChI is InChI=1S/C34H54N2O/c1-5-7-9-12-29-16-18-32(19-17-29)34(37)36(33-21-24-35(25-22-33)23-20-28(3)4)27-31-15-11-14-30(26-31)13-10-8-6-2/h11,14-15,26,28-29,32-33H,5-9,12,16-25,27H2,1-4H3. The highest BCUT2D eigenvalue weighted by Gasteiger charge is 2.34. The Labute approximate surface area is 228 Å². The molecule has 2 fully saturated rings. The average Bonchev–Trinajstić information content (AvgIpc) is 2.91. The summed E-state index contributed by atoms with van der Waals surface area (Å²) in [5, 5.41) is 0. The van der Waals surface area contributed by atoms with Crippen LogP contribution in [0.1, 0.15) is 122 Å². The van der Waals surface area contributed by atoms with E-state index in [-0.39, 0.29) is 5.92 Å². The van der Waals surface area contributed by atoms with E-state index in [1.165, 1.54) is 57.1 Å². The van der Waals surface area contributed by atoms with Crippen LogP contribution in [0, 0.1) is 29.6 Å². The van der Waals surface area contributed by atoms with Gasteiger partial charge in [0.2, 0.25) is 5.91 Å². The zero-order valence-corrected chi connectivity index (χ0v) is 24.4. The molecule has 0 N–H and O–H groups in total. The molecule has 3 nitrogen and oxygen atoms in total. The molecule has 37 heavy (non-hydrogen) atoms. The summed E-state index contributed by atoms with van der Waals surface area (Å²) in [6, 6.07) is 8.98. The molecule has 3 rings (SSSR count). The highest BCUT2D eigenvalue weighted by Crippen LogP contribution is 2.34. The van der Waals surface area contributed by atoms with Gasteiger partial charge >= 0.3 is 0 Å². The molecule has 3 heteroatoms. The van der Waals surface area contributed by atoms with Gasteiger partial charge in [-0.3, -0.25) is 4.79 Å². The molecule has 0 radical (unpaired) electrons.